The van der Waals surface area contributed by atoms with E-state index in [9.17, 15) is 0 Å². The molecule has 0 bridgehead atoms. The van der Waals surface area contributed by atoms with Crippen LogP contribution in [0.5, 0.6) is 5.75 Å². The van der Waals surface area contributed by atoms with Crippen molar-refractivity contribution in [2.75, 3.05) is 20.3 Å². The molecule has 26 heavy (non-hydrogen) atoms. The molecule has 0 unspecified atom stereocenters. The maximum atomic E-state index is 6.01. The van der Waals surface area contributed by atoms with Gasteiger partial charge >= 0.3 is 0 Å². The predicted octanol–water partition coefficient (Wildman–Crippen LogP) is 4.70. The highest BCUT2D eigenvalue weighted by Crippen LogP contribution is 2.43. The molecule has 0 saturated carbocycles. The van der Waals surface area contributed by atoms with E-state index >= 15 is 0 Å². The van der Waals surface area contributed by atoms with Gasteiger partial charge in [-0.1, -0.05) is 42.5 Å². The van der Waals surface area contributed by atoms with Gasteiger partial charge in [0.15, 0.2) is 0 Å². The first-order valence-electron chi connectivity index (χ1n) is 9.56. The van der Waals surface area contributed by atoms with Gasteiger partial charge in [-0.05, 0) is 62.9 Å². The summed E-state index contributed by atoms with van der Waals surface area (Å²) >= 11 is 0. The lowest BCUT2D eigenvalue weighted by atomic mass is 9.67. The molecule has 0 amide bonds. The summed E-state index contributed by atoms with van der Waals surface area (Å²) in [5, 5.41) is 3.63. The molecule has 1 aliphatic rings. The highest BCUT2D eigenvalue weighted by atomic mass is 16.5. The zero-order valence-electron chi connectivity index (χ0n) is 16.3. The Morgan fingerprint density at radius 3 is 2.42 bits per heavy atom. The lowest BCUT2D eigenvalue weighted by molar-refractivity contribution is -0.0840. The number of methoxy groups -OCH3 is 1. The van der Waals surface area contributed by atoms with Gasteiger partial charge in [-0.2, -0.15) is 0 Å². The van der Waals surface area contributed by atoms with Crippen LogP contribution in [0.4, 0.5) is 0 Å². The van der Waals surface area contributed by atoms with Gasteiger partial charge in [-0.15, -0.1) is 0 Å². The third-order valence-electron chi connectivity index (χ3n) is 5.49. The average Bonchev–Trinajstić information content (AvgIpc) is 2.66. The molecule has 1 heterocycles. The standard InChI is InChI=1S/C23H31NO2/c1-22(2)18-23(14-16-26-22,20-7-5-4-6-8-20)13-15-24-17-19-9-11-21(25-3)12-10-19/h4-12,24H,13-18H2,1-3H3/t23-/m1/s1. The molecular weight excluding hydrogens is 322 g/mol. The third kappa shape index (κ3) is 4.66. The van der Waals surface area contributed by atoms with Gasteiger partial charge in [0, 0.05) is 18.6 Å². The second-order valence-electron chi connectivity index (χ2n) is 7.96. The Balaban J connectivity index is 1.63. The molecule has 0 radical (unpaired) electrons. The summed E-state index contributed by atoms with van der Waals surface area (Å²) in [6, 6.07) is 19.3. The maximum absolute atomic E-state index is 6.01. The van der Waals surface area contributed by atoms with Crippen LogP contribution in [0.1, 0.15) is 44.2 Å². The molecule has 2 aromatic carbocycles. The second kappa shape index (κ2) is 8.24. The van der Waals surface area contributed by atoms with E-state index in [0.29, 0.717) is 0 Å². The molecule has 1 fully saturated rings. The van der Waals surface area contributed by atoms with Gasteiger partial charge in [0.25, 0.3) is 0 Å². The van der Waals surface area contributed by atoms with Gasteiger partial charge < -0.3 is 14.8 Å². The van der Waals surface area contributed by atoms with Crippen molar-refractivity contribution in [2.45, 2.75) is 50.7 Å². The van der Waals surface area contributed by atoms with Crippen molar-refractivity contribution < 1.29 is 9.47 Å². The van der Waals surface area contributed by atoms with Gasteiger partial charge in [-0.3, -0.25) is 0 Å². The molecule has 0 spiro atoms. The van der Waals surface area contributed by atoms with Crippen LogP contribution in [-0.2, 0) is 16.7 Å². The Morgan fingerprint density at radius 2 is 1.77 bits per heavy atom. The first-order valence-corrected chi connectivity index (χ1v) is 9.56. The topological polar surface area (TPSA) is 30.5 Å². The monoisotopic (exact) mass is 353 g/mol. The lowest BCUT2D eigenvalue weighted by Crippen LogP contribution is -2.45. The Labute approximate surface area is 157 Å². The largest absolute Gasteiger partial charge is 0.497 e. The summed E-state index contributed by atoms with van der Waals surface area (Å²) in [6.45, 7) is 7.15. The third-order valence-corrected chi connectivity index (χ3v) is 5.49. The highest BCUT2D eigenvalue weighted by molar-refractivity contribution is 5.28. The fourth-order valence-electron chi connectivity index (χ4n) is 4.18. The molecule has 3 nitrogen and oxygen atoms in total. The maximum Gasteiger partial charge on any atom is 0.118 e. The quantitative estimate of drug-likeness (QED) is 0.732. The smallest absolute Gasteiger partial charge is 0.118 e. The minimum Gasteiger partial charge on any atom is -0.497 e. The summed E-state index contributed by atoms with van der Waals surface area (Å²) < 4.78 is 11.2. The Hall–Kier alpha value is -1.84. The number of ether oxygens (including phenoxy) is 2. The van der Waals surface area contributed by atoms with Crippen molar-refractivity contribution in [3.63, 3.8) is 0 Å². The van der Waals surface area contributed by atoms with E-state index in [1.54, 1.807) is 7.11 Å². The summed E-state index contributed by atoms with van der Waals surface area (Å²) in [6.07, 6.45) is 3.28. The molecule has 3 rings (SSSR count). The van der Waals surface area contributed by atoms with E-state index in [-0.39, 0.29) is 11.0 Å². The number of hydrogen-bond donors (Lipinski definition) is 1. The van der Waals surface area contributed by atoms with E-state index in [1.807, 2.05) is 12.1 Å². The Bertz CT molecular complexity index is 681. The Kier molecular flexibility index (Phi) is 6.00. The first kappa shape index (κ1) is 18.9. The normalized spacial score (nSPS) is 22.1. The van der Waals surface area contributed by atoms with E-state index in [2.05, 4.69) is 61.6 Å². The predicted molar refractivity (Wildman–Crippen MR) is 107 cm³/mol. The zero-order valence-corrected chi connectivity index (χ0v) is 16.3. The van der Waals surface area contributed by atoms with Crippen molar-refractivity contribution in [2.24, 2.45) is 0 Å². The SMILES string of the molecule is COc1ccc(CNCC[C@@]2(c3ccccc3)CCOC(C)(C)C2)cc1. The number of nitrogens with one attached hydrogen (secondary N) is 1. The van der Waals surface area contributed by atoms with Crippen LogP contribution >= 0.6 is 0 Å². The van der Waals surface area contributed by atoms with Gasteiger partial charge in [0.2, 0.25) is 0 Å². The molecule has 0 aromatic heterocycles. The van der Waals surface area contributed by atoms with Crippen molar-refractivity contribution >= 4 is 0 Å². The molecule has 140 valence electrons. The Morgan fingerprint density at radius 1 is 1.04 bits per heavy atom. The number of benzene rings is 2. The highest BCUT2D eigenvalue weighted by Gasteiger charge is 2.41. The number of rotatable bonds is 7. The lowest BCUT2D eigenvalue weighted by Gasteiger charge is -2.45. The van der Waals surface area contributed by atoms with Crippen molar-refractivity contribution in [1.82, 2.24) is 5.32 Å². The molecule has 0 aliphatic carbocycles. The number of hydrogen-bond acceptors (Lipinski definition) is 3. The van der Waals surface area contributed by atoms with Crippen LogP contribution in [0.25, 0.3) is 0 Å². The van der Waals surface area contributed by atoms with Crippen LogP contribution in [0, 0.1) is 0 Å². The second-order valence-corrected chi connectivity index (χ2v) is 7.96. The molecule has 1 atom stereocenters. The summed E-state index contributed by atoms with van der Waals surface area (Å²) in [4.78, 5) is 0. The molecule has 3 heteroatoms. The van der Waals surface area contributed by atoms with E-state index < -0.39 is 0 Å². The van der Waals surface area contributed by atoms with Crippen molar-refractivity contribution in [3.8, 4) is 5.75 Å². The van der Waals surface area contributed by atoms with Gasteiger partial charge in [0.05, 0.1) is 12.7 Å². The molecular formula is C23H31NO2. The van der Waals surface area contributed by atoms with E-state index in [4.69, 9.17) is 9.47 Å². The van der Waals surface area contributed by atoms with Gasteiger partial charge in [0.1, 0.15) is 5.75 Å². The van der Waals surface area contributed by atoms with Crippen molar-refractivity contribution in [3.05, 3.63) is 65.7 Å². The zero-order chi connectivity index (χ0) is 18.5. The minimum absolute atomic E-state index is 0.0654. The van der Waals surface area contributed by atoms with Crippen LogP contribution < -0.4 is 10.1 Å². The molecule has 2 aromatic rings. The molecule has 1 saturated heterocycles. The van der Waals surface area contributed by atoms with E-state index in [1.165, 1.54) is 11.1 Å². The summed E-state index contributed by atoms with van der Waals surface area (Å²) in [5.74, 6) is 0.904. The fraction of sp³-hybridized carbons (Fsp3) is 0.478. The molecule has 1 N–H and O–H groups in total. The first-order chi connectivity index (χ1) is 12.5. The molecule has 1 aliphatic heterocycles. The summed E-state index contributed by atoms with van der Waals surface area (Å²) in [7, 11) is 1.70. The summed E-state index contributed by atoms with van der Waals surface area (Å²) in [5.41, 5.74) is 2.86. The fourth-order valence-corrected chi connectivity index (χ4v) is 4.18. The van der Waals surface area contributed by atoms with Gasteiger partial charge in [-0.25, -0.2) is 0 Å². The van der Waals surface area contributed by atoms with E-state index in [0.717, 1.165) is 44.7 Å². The minimum atomic E-state index is -0.0654. The van der Waals surface area contributed by atoms with Crippen LogP contribution in [0.15, 0.2) is 54.6 Å². The van der Waals surface area contributed by atoms with Crippen LogP contribution in [0.2, 0.25) is 0 Å². The van der Waals surface area contributed by atoms with Crippen LogP contribution in [0.3, 0.4) is 0 Å². The van der Waals surface area contributed by atoms with Crippen molar-refractivity contribution in [1.29, 1.82) is 0 Å². The average molecular weight is 354 g/mol. The van der Waals surface area contributed by atoms with Crippen LogP contribution in [-0.4, -0.2) is 25.9 Å².